The number of aromatic nitrogens is 2. The van der Waals surface area contributed by atoms with Gasteiger partial charge in [0.05, 0.1) is 36.4 Å². The van der Waals surface area contributed by atoms with Crippen molar-refractivity contribution < 1.29 is 14.2 Å². The molecule has 3 aromatic carbocycles. The van der Waals surface area contributed by atoms with Crippen LogP contribution in [-0.2, 0) is 0 Å². The summed E-state index contributed by atoms with van der Waals surface area (Å²) in [7, 11) is 0. The molecule has 0 N–H and O–H groups in total. The third-order valence-electron chi connectivity index (χ3n) is 6.85. The molecular weight excluding hydrogens is 582 g/mol. The van der Waals surface area contributed by atoms with Crippen molar-refractivity contribution in [2.45, 2.75) is 66.9 Å². The zero-order chi connectivity index (χ0) is 29.7. The van der Waals surface area contributed by atoms with Gasteiger partial charge in [-0.15, -0.1) is 0 Å². The Labute approximate surface area is 250 Å². The van der Waals surface area contributed by atoms with Gasteiger partial charge in [0.25, 0.3) is 5.56 Å². The molecule has 1 atom stereocenters. The number of para-hydroxylation sites is 1. The van der Waals surface area contributed by atoms with Crippen LogP contribution in [0.4, 0.5) is 0 Å². The van der Waals surface area contributed by atoms with Gasteiger partial charge >= 0.3 is 0 Å². The molecule has 4 rings (SSSR count). The fraction of sp³-hybridized carbons (Fsp3) is 0.364. The highest BCUT2D eigenvalue weighted by atomic mass is 79.9. The summed E-state index contributed by atoms with van der Waals surface area (Å²) in [6.45, 7) is 15.3. The maximum Gasteiger partial charge on any atom is 0.282 e. The molecule has 0 aliphatic carbocycles. The van der Waals surface area contributed by atoms with Crippen molar-refractivity contribution in [1.29, 1.82) is 0 Å². The van der Waals surface area contributed by atoms with Crippen LogP contribution in [-0.4, -0.2) is 35.2 Å². The molecule has 7 nitrogen and oxygen atoms in total. The molecule has 1 heterocycles. The van der Waals surface area contributed by atoms with E-state index in [4.69, 9.17) is 24.3 Å². The number of rotatable bonds is 11. The zero-order valence-electron chi connectivity index (χ0n) is 24.8. The summed E-state index contributed by atoms with van der Waals surface area (Å²) in [5, 5.41) is 5.20. The van der Waals surface area contributed by atoms with Crippen LogP contribution >= 0.6 is 15.9 Å². The average Bonchev–Trinajstić information content (AvgIpc) is 2.94. The molecule has 0 aliphatic rings. The Bertz CT molecular complexity index is 1630. The van der Waals surface area contributed by atoms with Crippen molar-refractivity contribution in [2.24, 2.45) is 5.10 Å². The Morgan fingerprint density at radius 1 is 0.976 bits per heavy atom. The van der Waals surface area contributed by atoms with Crippen LogP contribution in [0.2, 0.25) is 0 Å². The first-order valence-corrected chi connectivity index (χ1v) is 14.9. The highest BCUT2D eigenvalue weighted by Gasteiger charge is 2.19. The van der Waals surface area contributed by atoms with Crippen LogP contribution in [0.1, 0.15) is 70.6 Å². The first kappa shape index (κ1) is 30.3. The second kappa shape index (κ2) is 13.3. The maximum atomic E-state index is 13.8. The van der Waals surface area contributed by atoms with Crippen LogP contribution in [0.25, 0.3) is 22.3 Å². The van der Waals surface area contributed by atoms with Crippen molar-refractivity contribution in [2.75, 3.05) is 13.2 Å². The third kappa shape index (κ3) is 6.64. The molecule has 0 radical (unpaired) electrons. The van der Waals surface area contributed by atoms with E-state index in [-0.39, 0.29) is 17.6 Å². The summed E-state index contributed by atoms with van der Waals surface area (Å²) in [6.07, 6.45) is 2.56. The number of fused-ring (bicyclic) bond motifs is 1. The Balaban J connectivity index is 1.91. The number of benzene rings is 3. The van der Waals surface area contributed by atoms with Crippen molar-refractivity contribution >= 4 is 33.0 Å². The lowest BCUT2D eigenvalue weighted by Crippen LogP contribution is -2.21. The number of halogens is 1. The van der Waals surface area contributed by atoms with E-state index in [1.54, 1.807) is 12.3 Å². The molecule has 0 spiro atoms. The van der Waals surface area contributed by atoms with Gasteiger partial charge in [-0.3, -0.25) is 4.79 Å². The molecule has 0 saturated heterocycles. The van der Waals surface area contributed by atoms with Crippen LogP contribution in [0.3, 0.4) is 0 Å². The lowest BCUT2D eigenvalue weighted by molar-refractivity contribution is 0.203. The fourth-order valence-electron chi connectivity index (χ4n) is 4.51. The zero-order valence-corrected chi connectivity index (χ0v) is 26.4. The highest BCUT2D eigenvalue weighted by Crippen LogP contribution is 2.36. The first-order chi connectivity index (χ1) is 19.7. The Hall–Kier alpha value is -3.65. The van der Waals surface area contributed by atoms with Gasteiger partial charge in [-0.05, 0) is 103 Å². The van der Waals surface area contributed by atoms with E-state index < -0.39 is 0 Å². The molecule has 4 aromatic rings. The molecule has 0 unspecified atom stereocenters. The fourth-order valence-corrected chi connectivity index (χ4v) is 4.93. The largest absolute Gasteiger partial charge is 0.494 e. The van der Waals surface area contributed by atoms with Gasteiger partial charge in [-0.1, -0.05) is 32.9 Å². The minimum Gasteiger partial charge on any atom is -0.494 e. The van der Waals surface area contributed by atoms with E-state index in [0.29, 0.717) is 41.4 Å². The summed E-state index contributed by atoms with van der Waals surface area (Å²) in [4.78, 5) is 18.8. The molecular formula is C33H38BrN3O4. The summed E-state index contributed by atoms with van der Waals surface area (Å²) in [6, 6.07) is 15.2. The summed E-state index contributed by atoms with van der Waals surface area (Å²) < 4.78 is 20.1. The summed E-state index contributed by atoms with van der Waals surface area (Å²) in [5.41, 5.74) is 3.91. The second-order valence-corrected chi connectivity index (χ2v) is 11.1. The van der Waals surface area contributed by atoms with Crippen LogP contribution in [0.15, 0.2) is 62.9 Å². The summed E-state index contributed by atoms with van der Waals surface area (Å²) in [5.74, 6) is 2.79. The van der Waals surface area contributed by atoms with Gasteiger partial charge in [0.1, 0.15) is 5.75 Å². The Morgan fingerprint density at radius 3 is 2.37 bits per heavy atom. The number of ether oxygens (including phenoxy) is 3. The first-order valence-electron chi connectivity index (χ1n) is 14.1. The third-order valence-corrected chi connectivity index (χ3v) is 7.54. The average molecular weight is 621 g/mol. The van der Waals surface area contributed by atoms with E-state index in [1.807, 2.05) is 64.1 Å². The number of hydrogen-bond donors (Lipinski definition) is 0. The standard InChI is InChI=1S/C33H38BrN3O4/c1-8-22(7)41-31-18-27(34)23(16-30(31)40-10-3)19-35-37-32(36-28-14-12-11-13-24(28)33(37)38)26-17-25(20(4)5)29(39-9-2)15-21(26)6/h11-20,22H,8-10H2,1-7H3/t22-/m0/s1. The van der Waals surface area contributed by atoms with Gasteiger partial charge < -0.3 is 14.2 Å². The normalized spacial score (nSPS) is 12.3. The molecule has 0 saturated carbocycles. The van der Waals surface area contributed by atoms with E-state index in [2.05, 4.69) is 42.8 Å². The van der Waals surface area contributed by atoms with Crippen LogP contribution in [0.5, 0.6) is 17.2 Å². The SMILES string of the molecule is CCOc1cc(C=Nn2c(-c3cc(C(C)C)c(OCC)cc3C)nc3ccccc3c2=O)c(Br)cc1O[C@@H](C)CC. The van der Waals surface area contributed by atoms with Crippen molar-refractivity contribution in [3.63, 3.8) is 0 Å². The van der Waals surface area contributed by atoms with E-state index in [1.165, 1.54) is 4.68 Å². The Morgan fingerprint density at radius 2 is 1.68 bits per heavy atom. The molecule has 216 valence electrons. The predicted octanol–water partition coefficient (Wildman–Crippen LogP) is 8.11. The molecule has 0 aliphatic heterocycles. The molecule has 0 fully saturated rings. The highest BCUT2D eigenvalue weighted by molar-refractivity contribution is 9.10. The van der Waals surface area contributed by atoms with Crippen molar-refractivity contribution in [3.8, 4) is 28.6 Å². The van der Waals surface area contributed by atoms with Gasteiger partial charge in [0.2, 0.25) is 0 Å². The minimum absolute atomic E-state index is 0.0403. The second-order valence-electron chi connectivity index (χ2n) is 10.2. The van der Waals surface area contributed by atoms with E-state index in [0.717, 1.165) is 38.9 Å². The molecule has 41 heavy (non-hydrogen) atoms. The predicted molar refractivity (Wildman–Crippen MR) is 170 cm³/mol. The van der Waals surface area contributed by atoms with Crippen LogP contribution < -0.4 is 19.8 Å². The molecule has 1 aromatic heterocycles. The van der Waals surface area contributed by atoms with Gasteiger partial charge in [-0.2, -0.15) is 9.78 Å². The lowest BCUT2D eigenvalue weighted by Gasteiger charge is -2.18. The van der Waals surface area contributed by atoms with Gasteiger partial charge in [-0.25, -0.2) is 4.98 Å². The topological polar surface area (TPSA) is 74.9 Å². The molecule has 8 heteroatoms. The monoisotopic (exact) mass is 619 g/mol. The van der Waals surface area contributed by atoms with Crippen molar-refractivity contribution in [3.05, 3.63) is 80.0 Å². The van der Waals surface area contributed by atoms with E-state index >= 15 is 0 Å². The molecule has 0 bridgehead atoms. The number of nitrogens with zero attached hydrogens (tertiary/aromatic N) is 3. The smallest absolute Gasteiger partial charge is 0.282 e. The lowest BCUT2D eigenvalue weighted by atomic mass is 9.96. The Kier molecular flexibility index (Phi) is 9.86. The quantitative estimate of drug-likeness (QED) is 0.158. The number of hydrogen-bond acceptors (Lipinski definition) is 6. The maximum absolute atomic E-state index is 13.8. The van der Waals surface area contributed by atoms with Gasteiger partial charge in [0, 0.05) is 15.6 Å². The minimum atomic E-state index is -0.251. The van der Waals surface area contributed by atoms with Crippen LogP contribution in [0, 0.1) is 6.92 Å². The van der Waals surface area contributed by atoms with Crippen molar-refractivity contribution in [1.82, 2.24) is 9.66 Å². The van der Waals surface area contributed by atoms with E-state index in [9.17, 15) is 4.79 Å². The number of aryl methyl sites for hydroxylation is 1. The van der Waals surface area contributed by atoms with Gasteiger partial charge in [0.15, 0.2) is 17.3 Å². The molecule has 0 amide bonds. The summed E-state index contributed by atoms with van der Waals surface area (Å²) >= 11 is 3.66.